The summed E-state index contributed by atoms with van der Waals surface area (Å²) in [6.45, 7) is 3.77. The van der Waals surface area contributed by atoms with Crippen LogP contribution in [0.2, 0.25) is 10.0 Å². The molecule has 0 aliphatic rings. The zero-order chi connectivity index (χ0) is 23.5. The summed E-state index contributed by atoms with van der Waals surface area (Å²) in [6.07, 6.45) is -0.701. The van der Waals surface area contributed by atoms with Gasteiger partial charge in [-0.3, -0.25) is 4.79 Å². The second-order valence-corrected chi connectivity index (χ2v) is 8.44. The number of carbonyl (C=O) groups excluding carboxylic acids is 2. The molecule has 0 saturated heterocycles. The number of aryl methyl sites for hydroxylation is 1. The van der Waals surface area contributed by atoms with E-state index in [4.69, 9.17) is 27.9 Å². The summed E-state index contributed by atoms with van der Waals surface area (Å²) >= 11 is 12.1. The highest BCUT2D eigenvalue weighted by Crippen LogP contribution is 2.26. The lowest BCUT2D eigenvalue weighted by Gasteiger charge is -2.17. The first-order valence-electron chi connectivity index (χ1n) is 10.4. The van der Waals surface area contributed by atoms with E-state index in [0.717, 1.165) is 16.6 Å². The molecule has 0 aliphatic carbocycles. The molecule has 0 saturated carbocycles. The van der Waals surface area contributed by atoms with Crippen LogP contribution in [0, 0.1) is 6.92 Å². The van der Waals surface area contributed by atoms with Crippen LogP contribution in [0.1, 0.15) is 29.3 Å². The Morgan fingerprint density at radius 1 is 1.06 bits per heavy atom. The average molecular weight is 482 g/mol. The Morgan fingerprint density at radius 2 is 1.82 bits per heavy atom. The number of H-pyrrole nitrogens is 1. The van der Waals surface area contributed by atoms with Gasteiger partial charge in [-0.05, 0) is 49.7 Å². The number of esters is 1. The molecule has 0 aliphatic heterocycles. The molecule has 4 rings (SSSR count). The van der Waals surface area contributed by atoms with Crippen LogP contribution in [0.3, 0.4) is 0 Å². The Balaban J connectivity index is 1.50. The minimum absolute atomic E-state index is 0.291. The Morgan fingerprint density at radius 3 is 2.55 bits per heavy atom. The number of ether oxygens (including phenoxy) is 1. The molecule has 4 aromatic rings. The molecule has 2 N–H and O–H groups in total. The van der Waals surface area contributed by atoms with Crippen molar-refractivity contribution in [3.05, 3.63) is 81.8 Å². The number of nitrogens with zero attached hydrogens (tertiary/aromatic N) is 1. The summed E-state index contributed by atoms with van der Waals surface area (Å²) in [5, 5.41) is 3.43. The number of aromatic amines is 1. The van der Waals surface area contributed by atoms with Crippen LogP contribution < -0.4 is 5.32 Å². The Kier molecular flexibility index (Phi) is 6.67. The van der Waals surface area contributed by atoms with Gasteiger partial charge in [0.05, 0.1) is 27.3 Å². The zero-order valence-corrected chi connectivity index (χ0v) is 19.5. The second-order valence-electron chi connectivity index (χ2n) is 7.60. The summed E-state index contributed by atoms with van der Waals surface area (Å²) < 4.78 is 5.48. The molecule has 0 fully saturated rings. The number of rotatable bonds is 6. The molecule has 1 unspecified atom stereocenters. The molecule has 3 aromatic carbocycles. The molecular weight excluding hydrogens is 461 g/mol. The third-order valence-corrected chi connectivity index (χ3v) is 5.71. The molecule has 0 bridgehead atoms. The Bertz CT molecular complexity index is 1330. The van der Waals surface area contributed by atoms with Crippen molar-refractivity contribution in [3.63, 3.8) is 0 Å². The number of benzene rings is 3. The maximum Gasteiger partial charge on any atom is 0.338 e. The number of fused-ring (bicyclic) bond motifs is 1. The highest BCUT2D eigenvalue weighted by Gasteiger charge is 2.23. The topological polar surface area (TPSA) is 84.1 Å². The fourth-order valence-corrected chi connectivity index (χ4v) is 3.65. The molecule has 33 heavy (non-hydrogen) atoms. The van der Waals surface area contributed by atoms with Gasteiger partial charge in [-0.1, -0.05) is 60.0 Å². The number of nitrogens with one attached hydrogen (secondary N) is 2. The number of hydrogen-bond donors (Lipinski definition) is 2. The van der Waals surface area contributed by atoms with Gasteiger partial charge in [0, 0.05) is 10.6 Å². The quantitative estimate of drug-likeness (QED) is 0.311. The van der Waals surface area contributed by atoms with Crippen LogP contribution in [0.4, 0.5) is 5.69 Å². The molecule has 1 amide bonds. The number of anilines is 1. The van der Waals surface area contributed by atoms with Crippen molar-refractivity contribution in [2.24, 2.45) is 0 Å². The van der Waals surface area contributed by atoms with Crippen LogP contribution in [0.5, 0.6) is 0 Å². The van der Waals surface area contributed by atoms with Crippen LogP contribution in [0.25, 0.3) is 22.4 Å². The number of aromatic nitrogens is 2. The molecule has 1 atom stereocenters. The fraction of sp³-hybridized carbons (Fsp3) is 0.160. The van der Waals surface area contributed by atoms with Crippen molar-refractivity contribution in [3.8, 4) is 11.4 Å². The number of halogens is 2. The Hall–Kier alpha value is -3.35. The molecule has 168 valence electrons. The monoisotopic (exact) mass is 481 g/mol. The third-order valence-electron chi connectivity index (χ3n) is 5.14. The molecular formula is C25H21Cl2N3O3. The van der Waals surface area contributed by atoms with E-state index < -0.39 is 18.0 Å². The Labute approximate surface area is 200 Å². The maximum absolute atomic E-state index is 12.8. The van der Waals surface area contributed by atoms with Gasteiger partial charge in [-0.15, -0.1) is 0 Å². The first-order valence-corrected chi connectivity index (χ1v) is 11.1. The summed E-state index contributed by atoms with van der Waals surface area (Å²) in [5.74, 6) is -0.387. The van der Waals surface area contributed by atoms with Gasteiger partial charge in [0.2, 0.25) is 0 Å². The highest BCUT2D eigenvalue weighted by molar-refractivity contribution is 6.35. The number of imidazole rings is 1. The van der Waals surface area contributed by atoms with Gasteiger partial charge < -0.3 is 15.0 Å². The third kappa shape index (κ3) is 5.18. The van der Waals surface area contributed by atoms with Crippen LogP contribution in [0.15, 0.2) is 60.7 Å². The van der Waals surface area contributed by atoms with Crippen molar-refractivity contribution in [1.82, 2.24) is 9.97 Å². The molecule has 0 spiro atoms. The SMILES string of the molecule is CCC(OC(=O)c1ccc2nc(-c3ccc(C)cc3)[nH]c2c1)C(=O)Nc1cc(Cl)ccc1Cl. The van der Waals surface area contributed by atoms with Gasteiger partial charge in [-0.25, -0.2) is 9.78 Å². The second kappa shape index (κ2) is 9.65. The summed E-state index contributed by atoms with van der Waals surface area (Å²) in [4.78, 5) is 33.3. The normalized spacial score (nSPS) is 11.9. The lowest BCUT2D eigenvalue weighted by atomic mass is 10.1. The van der Waals surface area contributed by atoms with E-state index in [1.54, 1.807) is 37.3 Å². The van der Waals surface area contributed by atoms with E-state index in [2.05, 4.69) is 15.3 Å². The van der Waals surface area contributed by atoms with Gasteiger partial charge in [0.15, 0.2) is 6.10 Å². The van der Waals surface area contributed by atoms with E-state index in [1.165, 1.54) is 6.07 Å². The largest absolute Gasteiger partial charge is 0.449 e. The lowest BCUT2D eigenvalue weighted by Crippen LogP contribution is -2.32. The maximum atomic E-state index is 12.8. The number of hydrogen-bond acceptors (Lipinski definition) is 4. The first-order chi connectivity index (χ1) is 15.8. The van der Waals surface area contributed by atoms with Crippen LogP contribution in [-0.2, 0) is 9.53 Å². The van der Waals surface area contributed by atoms with E-state index >= 15 is 0 Å². The van der Waals surface area contributed by atoms with Gasteiger partial charge in [0.1, 0.15) is 5.82 Å². The average Bonchev–Trinajstić information content (AvgIpc) is 3.23. The van der Waals surface area contributed by atoms with Crippen molar-refractivity contribution in [2.75, 3.05) is 5.32 Å². The summed E-state index contributed by atoms with van der Waals surface area (Å²) in [5.41, 5.74) is 4.20. The van der Waals surface area contributed by atoms with E-state index in [-0.39, 0.29) is 0 Å². The van der Waals surface area contributed by atoms with Gasteiger partial charge in [-0.2, -0.15) is 0 Å². The minimum atomic E-state index is -0.992. The zero-order valence-electron chi connectivity index (χ0n) is 18.0. The van der Waals surface area contributed by atoms with Gasteiger partial charge in [0.25, 0.3) is 5.91 Å². The molecule has 6 nitrogen and oxygen atoms in total. The highest BCUT2D eigenvalue weighted by atomic mass is 35.5. The van der Waals surface area contributed by atoms with Crippen LogP contribution in [-0.4, -0.2) is 27.9 Å². The van der Waals surface area contributed by atoms with Crippen molar-refractivity contribution in [1.29, 1.82) is 0 Å². The molecule has 1 heterocycles. The van der Waals surface area contributed by atoms with Crippen molar-refractivity contribution in [2.45, 2.75) is 26.4 Å². The molecule has 8 heteroatoms. The van der Waals surface area contributed by atoms with Crippen molar-refractivity contribution < 1.29 is 14.3 Å². The smallest absolute Gasteiger partial charge is 0.338 e. The molecule has 1 aromatic heterocycles. The fourth-order valence-electron chi connectivity index (χ4n) is 3.31. The van der Waals surface area contributed by atoms with Crippen LogP contribution >= 0.6 is 23.2 Å². The lowest BCUT2D eigenvalue weighted by molar-refractivity contribution is -0.124. The summed E-state index contributed by atoms with van der Waals surface area (Å²) in [7, 11) is 0. The van der Waals surface area contributed by atoms with E-state index in [1.807, 2.05) is 31.2 Å². The number of amides is 1. The predicted octanol–water partition coefficient (Wildman–Crippen LogP) is 6.42. The number of carbonyl (C=O) groups is 2. The van der Waals surface area contributed by atoms with Crippen molar-refractivity contribution >= 4 is 51.8 Å². The summed E-state index contributed by atoms with van der Waals surface area (Å²) in [6, 6.07) is 17.8. The van der Waals surface area contributed by atoms with E-state index in [9.17, 15) is 9.59 Å². The minimum Gasteiger partial charge on any atom is -0.449 e. The molecule has 0 radical (unpaired) electrons. The standard InChI is InChI=1S/C25H21Cl2N3O3/c1-3-22(24(31)30-20-13-17(26)9-10-18(20)27)33-25(32)16-8-11-19-21(12-16)29-23(28-19)15-6-4-14(2)5-7-15/h4-13,22H,3H2,1-2H3,(H,28,29)(H,30,31). The predicted molar refractivity (Wildman–Crippen MR) is 131 cm³/mol. The first kappa shape index (κ1) is 22.8. The van der Waals surface area contributed by atoms with E-state index in [0.29, 0.717) is 39.1 Å². The van der Waals surface area contributed by atoms with Gasteiger partial charge >= 0.3 is 5.97 Å².